The van der Waals surface area contributed by atoms with Crippen molar-refractivity contribution in [2.24, 2.45) is 0 Å². The van der Waals surface area contributed by atoms with Gasteiger partial charge in [-0.1, -0.05) is 6.42 Å². The van der Waals surface area contributed by atoms with Crippen LogP contribution in [0.3, 0.4) is 0 Å². The third-order valence-electron chi connectivity index (χ3n) is 3.66. The minimum atomic E-state index is 0.207. The van der Waals surface area contributed by atoms with E-state index in [4.69, 9.17) is 4.74 Å². The molecule has 1 heterocycles. The fourth-order valence-electron chi connectivity index (χ4n) is 2.75. The van der Waals surface area contributed by atoms with Crippen LogP contribution in [0.25, 0.3) is 0 Å². The monoisotopic (exact) mass is 248 g/mol. The summed E-state index contributed by atoms with van der Waals surface area (Å²) in [6.45, 7) is 4.09. The van der Waals surface area contributed by atoms with E-state index in [1.165, 1.54) is 31.2 Å². The molecule has 1 aromatic heterocycles. The fourth-order valence-corrected chi connectivity index (χ4v) is 2.75. The van der Waals surface area contributed by atoms with Crippen LogP contribution in [0.2, 0.25) is 0 Å². The number of nitrogens with zero attached hydrogens (tertiary/aromatic N) is 1. The van der Waals surface area contributed by atoms with Gasteiger partial charge in [-0.2, -0.15) is 0 Å². The second-order valence-electron chi connectivity index (χ2n) is 5.47. The first-order valence-corrected chi connectivity index (χ1v) is 6.98. The number of nitrogens with one attached hydrogen (secondary N) is 1. The summed E-state index contributed by atoms with van der Waals surface area (Å²) in [5, 5.41) is 3.40. The summed E-state index contributed by atoms with van der Waals surface area (Å²) in [4.78, 5) is 4.32. The lowest BCUT2D eigenvalue weighted by Gasteiger charge is -2.29. The van der Waals surface area contributed by atoms with E-state index in [-0.39, 0.29) is 6.10 Å². The van der Waals surface area contributed by atoms with Crippen LogP contribution in [-0.4, -0.2) is 24.2 Å². The lowest BCUT2D eigenvalue weighted by Crippen LogP contribution is -2.30. The molecular weight excluding hydrogens is 224 g/mol. The number of hydrogen-bond donors (Lipinski definition) is 1. The molecule has 2 rings (SSSR count). The molecule has 18 heavy (non-hydrogen) atoms. The molecule has 100 valence electrons. The molecule has 2 unspecified atom stereocenters. The van der Waals surface area contributed by atoms with Crippen LogP contribution < -0.4 is 10.1 Å². The SMILES string of the molecule is CNC1CCCC(c2cncc(OC(C)C)c2)C1. The lowest BCUT2D eigenvalue weighted by atomic mass is 9.82. The average Bonchev–Trinajstić information content (AvgIpc) is 2.38. The Labute approximate surface area is 110 Å². The molecular formula is C15H24N2O. The van der Waals surface area contributed by atoms with Crippen molar-refractivity contribution in [3.8, 4) is 5.75 Å². The van der Waals surface area contributed by atoms with Crippen LogP contribution in [0.4, 0.5) is 0 Å². The summed E-state index contributed by atoms with van der Waals surface area (Å²) >= 11 is 0. The van der Waals surface area contributed by atoms with Gasteiger partial charge in [-0.15, -0.1) is 0 Å². The molecule has 0 radical (unpaired) electrons. The maximum Gasteiger partial charge on any atom is 0.138 e. The first-order chi connectivity index (χ1) is 8.69. The van der Waals surface area contributed by atoms with Gasteiger partial charge in [0.1, 0.15) is 5.75 Å². The van der Waals surface area contributed by atoms with Gasteiger partial charge in [-0.05, 0) is 57.7 Å². The third-order valence-corrected chi connectivity index (χ3v) is 3.66. The second kappa shape index (κ2) is 6.19. The van der Waals surface area contributed by atoms with Crippen LogP contribution >= 0.6 is 0 Å². The standard InChI is InChI=1S/C15H24N2O/c1-11(2)18-15-8-13(9-17-10-15)12-5-4-6-14(7-12)16-3/h8-12,14,16H,4-7H2,1-3H3. The molecule has 1 N–H and O–H groups in total. The molecule has 1 fully saturated rings. The summed E-state index contributed by atoms with van der Waals surface area (Å²) in [7, 11) is 2.06. The molecule has 1 aromatic rings. The summed E-state index contributed by atoms with van der Waals surface area (Å²) in [5.41, 5.74) is 1.33. The number of ether oxygens (including phenoxy) is 1. The van der Waals surface area contributed by atoms with Crippen molar-refractivity contribution in [2.75, 3.05) is 7.05 Å². The van der Waals surface area contributed by atoms with Gasteiger partial charge in [0.2, 0.25) is 0 Å². The van der Waals surface area contributed by atoms with Crippen LogP contribution in [0.1, 0.15) is 51.0 Å². The Morgan fingerprint density at radius 1 is 1.33 bits per heavy atom. The molecule has 0 saturated heterocycles. The summed E-state index contributed by atoms with van der Waals surface area (Å²) in [6, 6.07) is 2.81. The van der Waals surface area contributed by atoms with E-state index >= 15 is 0 Å². The Bertz CT molecular complexity index is 379. The third kappa shape index (κ3) is 3.45. The van der Waals surface area contributed by atoms with Gasteiger partial charge in [0.25, 0.3) is 0 Å². The van der Waals surface area contributed by atoms with Crippen molar-refractivity contribution in [3.05, 3.63) is 24.0 Å². The minimum absolute atomic E-state index is 0.207. The highest BCUT2D eigenvalue weighted by molar-refractivity contribution is 5.27. The fraction of sp³-hybridized carbons (Fsp3) is 0.667. The molecule has 0 bridgehead atoms. The number of pyridine rings is 1. The summed E-state index contributed by atoms with van der Waals surface area (Å²) < 4.78 is 5.72. The molecule has 0 aliphatic heterocycles. The van der Waals surface area contributed by atoms with E-state index in [0.29, 0.717) is 12.0 Å². The Balaban J connectivity index is 2.07. The van der Waals surface area contributed by atoms with Crippen LogP contribution in [0.5, 0.6) is 5.75 Å². The van der Waals surface area contributed by atoms with Gasteiger partial charge < -0.3 is 10.1 Å². The predicted molar refractivity (Wildman–Crippen MR) is 74.1 cm³/mol. The molecule has 3 heteroatoms. The van der Waals surface area contributed by atoms with Crippen molar-refractivity contribution >= 4 is 0 Å². The second-order valence-corrected chi connectivity index (χ2v) is 5.47. The van der Waals surface area contributed by atoms with Gasteiger partial charge in [0.15, 0.2) is 0 Å². The average molecular weight is 248 g/mol. The zero-order valence-electron chi connectivity index (χ0n) is 11.6. The topological polar surface area (TPSA) is 34.2 Å². The Hall–Kier alpha value is -1.09. The van der Waals surface area contributed by atoms with E-state index in [1.807, 2.05) is 26.2 Å². The van der Waals surface area contributed by atoms with Gasteiger partial charge >= 0.3 is 0 Å². The molecule has 1 aliphatic carbocycles. The normalized spacial score (nSPS) is 24.2. The van der Waals surface area contributed by atoms with E-state index in [2.05, 4.69) is 23.4 Å². The molecule has 0 spiro atoms. The Kier molecular flexibility index (Phi) is 4.59. The largest absolute Gasteiger partial charge is 0.489 e. The molecule has 2 atom stereocenters. The predicted octanol–water partition coefficient (Wildman–Crippen LogP) is 3.11. The Morgan fingerprint density at radius 2 is 2.17 bits per heavy atom. The van der Waals surface area contributed by atoms with E-state index in [1.54, 1.807) is 0 Å². The minimum Gasteiger partial charge on any atom is -0.489 e. The van der Waals surface area contributed by atoms with Crippen molar-refractivity contribution < 1.29 is 4.74 Å². The zero-order valence-corrected chi connectivity index (χ0v) is 11.6. The molecule has 1 aliphatic rings. The van der Waals surface area contributed by atoms with E-state index in [0.717, 1.165) is 5.75 Å². The summed E-state index contributed by atoms with van der Waals surface area (Å²) in [5.74, 6) is 1.52. The van der Waals surface area contributed by atoms with Gasteiger partial charge in [0.05, 0.1) is 12.3 Å². The van der Waals surface area contributed by atoms with Crippen molar-refractivity contribution in [3.63, 3.8) is 0 Å². The van der Waals surface area contributed by atoms with E-state index in [9.17, 15) is 0 Å². The van der Waals surface area contributed by atoms with E-state index < -0.39 is 0 Å². The zero-order chi connectivity index (χ0) is 13.0. The van der Waals surface area contributed by atoms with Gasteiger partial charge in [-0.25, -0.2) is 0 Å². The van der Waals surface area contributed by atoms with Crippen LogP contribution in [0, 0.1) is 0 Å². The first-order valence-electron chi connectivity index (χ1n) is 6.98. The number of hydrogen-bond acceptors (Lipinski definition) is 3. The lowest BCUT2D eigenvalue weighted by molar-refractivity contribution is 0.240. The number of aromatic nitrogens is 1. The highest BCUT2D eigenvalue weighted by atomic mass is 16.5. The smallest absolute Gasteiger partial charge is 0.138 e. The highest BCUT2D eigenvalue weighted by Gasteiger charge is 2.22. The van der Waals surface area contributed by atoms with Crippen molar-refractivity contribution in [1.82, 2.24) is 10.3 Å². The van der Waals surface area contributed by atoms with Crippen LogP contribution in [-0.2, 0) is 0 Å². The molecule has 3 nitrogen and oxygen atoms in total. The molecule has 0 aromatic carbocycles. The maximum absolute atomic E-state index is 5.72. The quantitative estimate of drug-likeness (QED) is 0.889. The molecule has 1 saturated carbocycles. The highest BCUT2D eigenvalue weighted by Crippen LogP contribution is 2.33. The first kappa shape index (κ1) is 13.3. The van der Waals surface area contributed by atoms with Crippen LogP contribution in [0.15, 0.2) is 18.5 Å². The number of rotatable bonds is 4. The van der Waals surface area contributed by atoms with Gasteiger partial charge in [-0.3, -0.25) is 4.98 Å². The Morgan fingerprint density at radius 3 is 2.89 bits per heavy atom. The van der Waals surface area contributed by atoms with Crippen molar-refractivity contribution in [2.45, 2.75) is 57.6 Å². The summed E-state index contributed by atoms with van der Waals surface area (Å²) in [6.07, 6.45) is 9.08. The van der Waals surface area contributed by atoms with Gasteiger partial charge in [0, 0.05) is 12.2 Å². The molecule has 0 amide bonds. The maximum atomic E-state index is 5.72. The van der Waals surface area contributed by atoms with Crippen molar-refractivity contribution in [1.29, 1.82) is 0 Å².